The van der Waals surface area contributed by atoms with Crippen molar-refractivity contribution in [3.63, 3.8) is 0 Å². The Morgan fingerprint density at radius 3 is 2.35 bits per heavy atom. The van der Waals surface area contributed by atoms with Gasteiger partial charge in [-0.05, 0) is 112 Å². The van der Waals surface area contributed by atoms with Crippen molar-refractivity contribution in [2.45, 2.75) is 127 Å². The lowest BCUT2D eigenvalue weighted by atomic mass is 9.73. The Morgan fingerprint density at radius 2 is 1.65 bits per heavy atom. The summed E-state index contributed by atoms with van der Waals surface area (Å²) in [5.41, 5.74) is 14.9. The summed E-state index contributed by atoms with van der Waals surface area (Å²) < 4.78 is 12.5. The smallest absolute Gasteiger partial charge is 0.243 e. The molecule has 6 atom stereocenters. The molecule has 13 rings (SSSR count). The number of aliphatic hydroxyl groups is 1. The topological polar surface area (TPSA) is 219 Å². The number of carbonyl (C=O) groups excluding carboxylic acids is 2. The van der Waals surface area contributed by atoms with Gasteiger partial charge in [0.1, 0.15) is 23.8 Å². The van der Waals surface area contributed by atoms with Crippen LogP contribution in [0.2, 0.25) is 0 Å². The maximum absolute atomic E-state index is 14.4. The number of pyridine rings is 1. The number of hydrogen-bond acceptors (Lipinski definition) is 18. The largest absolute Gasteiger partial charge is 0.507 e. The standard InChI is InChI=1S/C62H77N13O6S/c1-37(2)57(61(79)74-33-47(76)26-52(74)60(78)66-38(3)42-9-11-43(12-10-42)58-39(4)65-36-82-58)54-28-55(69-81-54)71-20-16-40(17-21-71)29-70-34-62(35-70)18-22-73(62)30-41-23-48(24-41)80-56-25-44(15-19-64-56)75-45-13-14-46(75)32-72(31-45)51-27-50(67-68-59(51)63)49-7-5-6-8-53(49)77/h5-12,15,19,25,27-28,36-38,40-41,45-48,52,57,76-77H,13-14,16-18,20-24,26,29-35H2,1-4H3,(H2,63,68)(H,66,78)/t38-,41?,45+,46?,47+,48?,52-,57+/m0/s1. The molecular weight excluding hydrogens is 1050 g/mol. The van der Waals surface area contributed by atoms with E-state index in [-0.39, 0.29) is 48.6 Å². The number of nitrogens with one attached hydrogen (secondary N) is 1. The lowest BCUT2D eigenvalue weighted by molar-refractivity contribution is -0.141. The molecule has 2 aromatic carbocycles. The molecule has 20 heteroatoms. The van der Waals surface area contributed by atoms with Crippen molar-refractivity contribution < 1.29 is 29.1 Å². The summed E-state index contributed by atoms with van der Waals surface area (Å²) in [4.78, 5) is 52.6. The normalized spacial score (nSPS) is 25.2. The van der Waals surface area contributed by atoms with E-state index in [1.165, 1.54) is 13.0 Å². The molecule has 1 spiro atoms. The number of thiazole rings is 1. The highest BCUT2D eigenvalue weighted by atomic mass is 32.1. The number of β-amino-alcohol motifs (C(OH)–C–C–N with tert-alkyl or cyclic N) is 1. The number of fused-ring (bicyclic) bond motifs is 2. The van der Waals surface area contributed by atoms with E-state index in [0.717, 1.165) is 130 Å². The van der Waals surface area contributed by atoms with Crippen molar-refractivity contribution in [3.8, 4) is 33.3 Å². The van der Waals surface area contributed by atoms with Gasteiger partial charge >= 0.3 is 0 Å². The van der Waals surface area contributed by atoms with Crippen molar-refractivity contribution in [2.75, 3.05) is 85.9 Å². The number of rotatable bonds is 17. The summed E-state index contributed by atoms with van der Waals surface area (Å²) in [6, 6.07) is 23.0. The second-order valence-electron chi connectivity index (χ2n) is 25.0. The molecule has 2 amide bonds. The number of aryl methyl sites for hydroxylation is 1. The van der Waals surface area contributed by atoms with Crippen LogP contribution in [0.5, 0.6) is 11.6 Å². The Balaban J connectivity index is 0.543. The van der Waals surface area contributed by atoms with Gasteiger partial charge in [0.15, 0.2) is 17.4 Å². The SMILES string of the molecule is Cc1ncsc1-c1ccc([C@H](C)NC(=O)[C@@H]2C[C@@H](O)CN2C(=O)[C@@H](c2cc(N3CCC(CN4CC5(CCN5CC5CC(Oc6cc(N7C8CC[C@@H]7CN(c7cc(-c9ccccc9O)nnc7N)C8)ccn6)C5)C4)CC3)no2)C(C)C)cc1. The highest BCUT2D eigenvalue weighted by molar-refractivity contribution is 7.13. The first-order valence-electron chi connectivity index (χ1n) is 29.8. The number of nitrogen functional groups attached to an aromatic ring is 1. The molecular formula is C62H77N13O6S. The molecule has 4 aromatic heterocycles. The van der Waals surface area contributed by atoms with E-state index in [4.69, 9.17) is 15.0 Å². The molecule has 1 unspecified atom stereocenters. The Bertz CT molecular complexity index is 3250. The molecule has 82 heavy (non-hydrogen) atoms. The highest BCUT2D eigenvalue weighted by Crippen LogP contribution is 2.45. The van der Waals surface area contributed by atoms with Crippen LogP contribution in [0.3, 0.4) is 0 Å². The van der Waals surface area contributed by atoms with Crippen LogP contribution >= 0.6 is 11.3 Å². The summed E-state index contributed by atoms with van der Waals surface area (Å²) in [7, 11) is 0. The van der Waals surface area contributed by atoms with Gasteiger partial charge in [0.05, 0.1) is 39.6 Å². The molecule has 7 fully saturated rings. The maximum atomic E-state index is 14.4. The van der Waals surface area contributed by atoms with Gasteiger partial charge in [0, 0.05) is 119 Å². The molecule has 10 heterocycles. The van der Waals surface area contributed by atoms with Gasteiger partial charge in [-0.15, -0.1) is 21.5 Å². The van der Waals surface area contributed by atoms with Crippen molar-refractivity contribution in [1.82, 2.24) is 45.3 Å². The minimum atomic E-state index is -0.798. The Kier molecular flexibility index (Phi) is 14.8. The predicted molar refractivity (Wildman–Crippen MR) is 316 cm³/mol. The molecule has 7 aliphatic rings. The lowest BCUT2D eigenvalue weighted by Crippen LogP contribution is -2.77. The zero-order chi connectivity index (χ0) is 56.4. The summed E-state index contributed by atoms with van der Waals surface area (Å²) in [5, 5.41) is 37.5. The first-order valence-corrected chi connectivity index (χ1v) is 30.7. The number of piperazine rings is 1. The summed E-state index contributed by atoms with van der Waals surface area (Å²) >= 11 is 1.60. The fraction of sp³-hybridized carbons (Fsp3) is 0.532. The van der Waals surface area contributed by atoms with Gasteiger partial charge in [-0.3, -0.25) is 19.4 Å². The number of amides is 2. The molecule has 1 saturated carbocycles. The van der Waals surface area contributed by atoms with Crippen LogP contribution in [0, 0.1) is 24.7 Å². The molecule has 0 radical (unpaired) electrons. The van der Waals surface area contributed by atoms with Crippen LogP contribution in [0.1, 0.15) is 101 Å². The van der Waals surface area contributed by atoms with E-state index >= 15 is 0 Å². The van der Waals surface area contributed by atoms with E-state index in [0.29, 0.717) is 58.2 Å². The van der Waals surface area contributed by atoms with E-state index in [2.05, 4.69) is 67.3 Å². The van der Waals surface area contributed by atoms with Gasteiger partial charge in [-0.2, -0.15) is 0 Å². The summed E-state index contributed by atoms with van der Waals surface area (Å²) in [6.45, 7) is 17.1. The molecule has 6 aliphatic heterocycles. The third kappa shape index (κ3) is 10.6. The Morgan fingerprint density at radius 1 is 0.878 bits per heavy atom. The van der Waals surface area contributed by atoms with Gasteiger partial charge < -0.3 is 50.1 Å². The number of benzene rings is 2. The maximum Gasteiger partial charge on any atom is 0.243 e. The number of nitrogens with two attached hydrogens (primary N) is 1. The molecule has 2 bridgehead atoms. The second-order valence-corrected chi connectivity index (χ2v) is 25.8. The molecule has 19 nitrogen and oxygen atoms in total. The zero-order valence-electron chi connectivity index (χ0n) is 47.5. The van der Waals surface area contributed by atoms with Gasteiger partial charge in [-0.1, -0.05) is 55.4 Å². The number of aromatic hydroxyl groups is 1. The minimum Gasteiger partial charge on any atom is -0.507 e. The number of aromatic nitrogens is 5. The highest BCUT2D eigenvalue weighted by Gasteiger charge is 2.54. The quantitative estimate of drug-likeness (QED) is 0.0694. The monoisotopic (exact) mass is 1130 g/mol. The first-order chi connectivity index (χ1) is 39.7. The molecule has 432 valence electrons. The van der Waals surface area contributed by atoms with E-state index in [1.807, 2.05) is 87.9 Å². The number of carbonyl (C=O) groups is 2. The number of anilines is 4. The first kappa shape index (κ1) is 54.4. The predicted octanol–water partition coefficient (Wildman–Crippen LogP) is 7.52. The van der Waals surface area contributed by atoms with Crippen LogP contribution in [0.4, 0.5) is 23.0 Å². The van der Waals surface area contributed by atoms with Crippen molar-refractivity contribution >= 4 is 46.2 Å². The molecule has 6 saturated heterocycles. The minimum absolute atomic E-state index is 0.0899. The Hall–Kier alpha value is -6.87. The zero-order valence-corrected chi connectivity index (χ0v) is 48.3. The van der Waals surface area contributed by atoms with Crippen molar-refractivity contribution in [2.24, 2.45) is 17.8 Å². The number of piperidine rings is 1. The molecule has 5 N–H and O–H groups in total. The number of ether oxygens (including phenoxy) is 1. The number of phenolic OH excluding ortho intramolecular Hbond substituents is 1. The van der Waals surface area contributed by atoms with Crippen molar-refractivity contribution in [3.05, 3.63) is 102 Å². The van der Waals surface area contributed by atoms with E-state index < -0.39 is 18.1 Å². The number of phenols is 1. The fourth-order valence-electron chi connectivity index (χ4n) is 14.6. The third-order valence-electron chi connectivity index (χ3n) is 19.2. The number of aliphatic hydroxyl groups excluding tert-OH is 1. The number of likely N-dealkylation sites (tertiary alicyclic amines) is 3. The Labute approximate surface area is 483 Å². The van der Waals surface area contributed by atoms with Crippen LogP contribution in [-0.4, -0.2) is 163 Å². The number of nitrogens with zero attached hydrogens (tertiary/aromatic N) is 11. The van der Waals surface area contributed by atoms with Crippen LogP contribution < -0.4 is 30.5 Å². The van der Waals surface area contributed by atoms with Crippen LogP contribution in [0.15, 0.2) is 89.0 Å². The number of para-hydroxylation sites is 1. The average molecular weight is 1130 g/mol. The van der Waals surface area contributed by atoms with Gasteiger partial charge in [-0.25, -0.2) is 9.97 Å². The molecule has 1 aliphatic carbocycles. The fourth-order valence-corrected chi connectivity index (χ4v) is 15.4. The second kappa shape index (κ2) is 22.4. The molecule has 6 aromatic rings. The average Bonchev–Trinajstić information content (AvgIpc) is 4.38. The van der Waals surface area contributed by atoms with Crippen LogP contribution in [0.25, 0.3) is 21.7 Å². The van der Waals surface area contributed by atoms with Crippen molar-refractivity contribution in [1.29, 1.82) is 0 Å². The summed E-state index contributed by atoms with van der Waals surface area (Å²) in [5.74, 6) is 2.50. The van der Waals surface area contributed by atoms with Crippen LogP contribution in [-0.2, 0) is 9.59 Å². The van der Waals surface area contributed by atoms with Gasteiger partial charge in [0.2, 0.25) is 17.7 Å². The lowest BCUT2D eigenvalue weighted by Gasteiger charge is -2.64. The number of hydrogen-bond donors (Lipinski definition) is 4. The third-order valence-corrected chi connectivity index (χ3v) is 20.2. The summed E-state index contributed by atoms with van der Waals surface area (Å²) in [6.07, 6.45) is 9.18. The van der Waals surface area contributed by atoms with Gasteiger partial charge in [0.25, 0.3) is 0 Å². The van der Waals surface area contributed by atoms with E-state index in [1.54, 1.807) is 28.4 Å². The van der Waals surface area contributed by atoms with E-state index in [9.17, 15) is 19.8 Å².